The molecule has 0 radical (unpaired) electrons. The van der Waals surface area contributed by atoms with Crippen molar-refractivity contribution in [3.8, 4) is 0 Å². The van der Waals surface area contributed by atoms with Gasteiger partial charge in [0.05, 0.1) is 0 Å². The molecule has 0 amide bonds. The fourth-order valence-corrected chi connectivity index (χ4v) is 1.63. The molecular formula is C12H25AlO3. The van der Waals surface area contributed by atoms with Gasteiger partial charge in [0.15, 0.2) is 17.4 Å². The van der Waals surface area contributed by atoms with Crippen LogP contribution >= 0.6 is 0 Å². The molecule has 4 heteroatoms. The van der Waals surface area contributed by atoms with E-state index < -0.39 is 11.9 Å². The number of hydrogen-bond donors (Lipinski definition) is 1. The second kappa shape index (κ2) is 11.2. The van der Waals surface area contributed by atoms with Gasteiger partial charge in [-0.3, -0.25) is 9.59 Å². The molecular weight excluding hydrogens is 219 g/mol. The molecule has 1 N–H and O–H groups in total. The van der Waals surface area contributed by atoms with Gasteiger partial charge in [0.1, 0.15) is 11.7 Å². The first-order chi connectivity index (χ1) is 7.09. The molecule has 3 nitrogen and oxygen atoms in total. The lowest BCUT2D eigenvalue weighted by molar-refractivity contribution is -0.146. The molecule has 0 saturated heterocycles. The van der Waals surface area contributed by atoms with Crippen LogP contribution in [0.1, 0.15) is 58.8 Å². The van der Waals surface area contributed by atoms with Crippen LogP contribution in [0.25, 0.3) is 0 Å². The first-order valence-corrected chi connectivity index (χ1v) is 5.82. The molecule has 1 atom stereocenters. The number of rotatable bonds is 9. The minimum atomic E-state index is -0.976. The Kier molecular flexibility index (Phi) is 12.6. The Bertz CT molecular complexity index is 190. The topological polar surface area (TPSA) is 54.4 Å². The first-order valence-electron chi connectivity index (χ1n) is 5.82. The molecule has 0 bridgehead atoms. The van der Waals surface area contributed by atoms with Crippen LogP contribution in [0.15, 0.2) is 0 Å². The monoisotopic (exact) mass is 244 g/mol. The number of unbranched alkanes of at least 4 members (excludes halogenated alkanes) is 5. The third kappa shape index (κ3) is 8.94. The molecule has 0 aromatic rings. The SMILES string of the molecule is CCCCCCCCC(C(C)=O)C(=O)O.[AlH3]. The van der Waals surface area contributed by atoms with Gasteiger partial charge in [0.25, 0.3) is 0 Å². The molecule has 94 valence electrons. The Balaban J connectivity index is 0. The van der Waals surface area contributed by atoms with Gasteiger partial charge in [-0.15, -0.1) is 0 Å². The maximum absolute atomic E-state index is 11.0. The maximum atomic E-state index is 11.0. The predicted octanol–water partition coefficient (Wildman–Crippen LogP) is 1.84. The lowest BCUT2D eigenvalue weighted by Crippen LogP contribution is -2.21. The minimum Gasteiger partial charge on any atom is -0.481 e. The molecule has 0 fully saturated rings. The number of carbonyl (C=O) groups is 2. The summed E-state index contributed by atoms with van der Waals surface area (Å²) >= 11 is 0. The van der Waals surface area contributed by atoms with Crippen molar-refractivity contribution in [2.75, 3.05) is 0 Å². The van der Waals surface area contributed by atoms with Gasteiger partial charge >= 0.3 is 5.97 Å². The Morgan fingerprint density at radius 3 is 2.00 bits per heavy atom. The fraction of sp³-hybridized carbons (Fsp3) is 0.833. The predicted molar refractivity (Wildman–Crippen MR) is 69.7 cm³/mol. The molecule has 0 spiro atoms. The largest absolute Gasteiger partial charge is 0.481 e. The van der Waals surface area contributed by atoms with Crippen molar-refractivity contribution in [2.24, 2.45) is 5.92 Å². The van der Waals surface area contributed by atoms with Crippen LogP contribution in [0.5, 0.6) is 0 Å². The van der Waals surface area contributed by atoms with E-state index in [-0.39, 0.29) is 23.1 Å². The van der Waals surface area contributed by atoms with Gasteiger partial charge in [-0.05, 0) is 13.3 Å². The van der Waals surface area contributed by atoms with Gasteiger partial charge in [0.2, 0.25) is 0 Å². The zero-order chi connectivity index (χ0) is 11.7. The summed E-state index contributed by atoms with van der Waals surface area (Å²) in [4.78, 5) is 21.7. The maximum Gasteiger partial charge on any atom is 0.314 e. The Labute approximate surface area is 109 Å². The van der Waals surface area contributed by atoms with Crippen molar-refractivity contribution in [3.63, 3.8) is 0 Å². The van der Waals surface area contributed by atoms with Crippen molar-refractivity contribution >= 4 is 29.1 Å². The second-order valence-corrected chi connectivity index (χ2v) is 4.06. The Morgan fingerprint density at radius 1 is 1.06 bits per heavy atom. The van der Waals surface area contributed by atoms with Gasteiger partial charge in [0, 0.05) is 0 Å². The number of aliphatic carboxylic acids is 1. The van der Waals surface area contributed by atoms with Gasteiger partial charge < -0.3 is 5.11 Å². The molecule has 16 heavy (non-hydrogen) atoms. The van der Waals surface area contributed by atoms with Crippen molar-refractivity contribution in [3.05, 3.63) is 0 Å². The summed E-state index contributed by atoms with van der Waals surface area (Å²) in [5.41, 5.74) is 0. The van der Waals surface area contributed by atoms with Crippen molar-refractivity contribution in [1.29, 1.82) is 0 Å². The highest BCUT2D eigenvalue weighted by molar-refractivity contribution is 5.96. The van der Waals surface area contributed by atoms with E-state index in [9.17, 15) is 9.59 Å². The third-order valence-corrected chi connectivity index (χ3v) is 2.64. The van der Waals surface area contributed by atoms with Crippen LogP contribution in [0.4, 0.5) is 0 Å². The van der Waals surface area contributed by atoms with Crippen LogP contribution in [-0.4, -0.2) is 34.2 Å². The molecule has 0 aliphatic heterocycles. The molecule has 1 unspecified atom stereocenters. The highest BCUT2D eigenvalue weighted by Crippen LogP contribution is 2.13. The summed E-state index contributed by atoms with van der Waals surface area (Å²) in [5.74, 6) is -1.98. The smallest absolute Gasteiger partial charge is 0.314 e. The van der Waals surface area contributed by atoms with Crippen LogP contribution in [0, 0.1) is 5.92 Å². The summed E-state index contributed by atoms with van der Waals surface area (Å²) in [6.07, 6.45) is 7.21. The third-order valence-electron chi connectivity index (χ3n) is 2.64. The van der Waals surface area contributed by atoms with E-state index in [0.717, 1.165) is 19.3 Å². The molecule has 0 aromatic heterocycles. The average Bonchev–Trinajstić information content (AvgIpc) is 2.15. The van der Waals surface area contributed by atoms with Crippen LogP contribution in [0.2, 0.25) is 0 Å². The molecule has 0 saturated carbocycles. The van der Waals surface area contributed by atoms with E-state index in [0.29, 0.717) is 6.42 Å². The van der Waals surface area contributed by atoms with E-state index in [4.69, 9.17) is 5.11 Å². The summed E-state index contributed by atoms with van der Waals surface area (Å²) < 4.78 is 0. The number of carbonyl (C=O) groups excluding carboxylic acids is 1. The summed E-state index contributed by atoms with van der Waals surface area (Å²) in [7, 11) is 0. The van der Waals surface area contributed by atoms with Gasteiger partial charge in [-0.25, -0.2) is 0 Å². The number of carboxylic acid groups (broad SMARTS) is 1. The number of ketones is 1. The van der Waals surface area contributed by atoms with Crippen molar-refractivity contribution < 1.29 is 14.7 Å². The zero-order valence-electron chi connectivity index (χ0n) is 9.79. The summed E-state index contributed by atoms with van der Waals surface area (Å²) in [6, 6.07) is 0. The number of carboxylic acids is 1. The lowest BCUT2D eigenvalue weighted by Gasteiger charge is -2.07. The summed E-state index contributed by atoms with van der Waals surface area (Å²) in [5, 5.41) is 8.76. The minimum absolute atomic E-state index is 0. The lowest BCUT2D eigenvalue weighted by atomic mass is 9.97. The van der Waals surface area contributed by atoms with Gasteiger partial charge in [-0.2, -0.15) is 0 Å². The normalized spacial score (nSPS) is 11.6. The Morgan fingerprint density at radius 2 is 1.56 bits per heavy atom. The molecule has 0 heterocycles. The second-order valence-electron chi connectivity index (χ2n) is 4.06. The first kappa shape index (κ1) is 18.0. The van der Waals surface area contributed by atoms with E-state index in [2.05, 4.69) is 6.92 Å². The van der Waals surface area contributed by atoms with E-state index in [1.165, 1.54) is 26.2 Å². The van der Waals surface area contributed by atoms with Crippen LogP contribution in [0.3, 0.4) is 0 Å². The summed E-state index contributed by atoms with van der Waals surface area (Å²) in [6.45, 7) is 3.52. The highest BCUT2D eigenvalue weighted by atomic mass is 27.0. The van der Waals surface area contributed by atoms with Crippen molar-refractivity contribution in [2.45, 2.75) is 58.8 Å². The fourth-order valence-electron chi connectivity index (χ4n) is 1.63. The van der Waals surface area contributed by atoms with E-state index in [1.807, 2.05) is 0 Å². The average molecular weight is 244 g/mol. The van der Waals surface area contributed by atoms with E-state index >= 15 is 0 Å². The standard InChI is InChI=1S/C12H22O3.Al.3H/c1-3-4-5-6-7-8-9-11(10(2)13)12(14)15;;;;/h11H,3-9H2,1-2H3,(H,14,15);;;;. The molecule has 0 aromatic carbocycles. The molecule has 0 aliphatic rings. The van der Waals surface area contributed by atoms with E-state index in [1.54, 1.807) is 0 Å². The quantitative estimate of drug-likeness (QED) is 0.382. The molecule has 0 rings (SSSR count). The zero-order valence-corrected chi connectivity index (χ0v) is 9.79. The van der Waals surface area contributed by atoms with Crippen molar-refractivity contribution in [1.82, 2.24) is 0 Å². The highest BCUT2D eigenvalue weighted by Gasteiger charge is 2.21. The molecule has 0 aliphatic carbocycles. The van der Waals surface area contributed by atoms with Crippen LogP contribution in [-0.2, 0) is 9.59 Å². The Hall–Kier alpha value is -0.328. The number of hydrogen-bond acceptors (Lipinski definition) is 2. The number of Topliss-reactive ketones (excluding diaryl/α,β-unsaturated/α-hetero) is 1. The van der Waals surface area contributed by atoms with Crippen LogP contribution < -0.4 is 0 Å². The van der Waals surface area contributed by atoms with Gasteiger partial charge in [-0.1, -0.05) is 45.4 Å².